The Morgan fingerprint density at radius 2 is 1.82 bits per heavy atom. The number of amides is 2. The zero-order valence-electron chi connectivity index (χ0n) is 15.3. The quantitative estimate of drug-likeness (QED) is 0.577. The normalized spacial score (nSPS) is 10.6. The molecule has 7 nitrogen and oxygen atoms in total. The van der Waals surface area contributed by atoms with Crippen LogP contribution in [0.1, 0.15) is 5.56 Å². The van der Waals surface area contributed by atoms with Crippen LogP contribution in [0, 0.1) is 0 Å². The highest BCUT2D eigenvalue weighted by atomic mass is 16.5. The fraction of sp³-hybridized carbons (Fsp3) is 0.0952. The van der Waals surface area contributed by atoms with Crippen molar-refractivity contribution in [3.05, 3.63) is 84.8 Å². The van der Waals surface area contributed by atoms with Crippen molar-refractivity contribution in [3.63, 3.8) is 0 Å². The maximum atomic E-state index is 13.1. The number of anilines is 1. The Bertz CT molecular complexity index is 1080. The molecule has 0 saturated carbocycles. The molecule has 0 fully saturated rings. The first-order valence-corrected chi connectivity index (χ1v) is 8.79. The predicted molar refractivity (Wildman–Crippen MR) is 108 cm³/mol. The van der Waals surface area contributed by atoms with Gasteiger partial charge in [0.2, 0.25) is 0 Å². The molecular weight excluding hydrogens is 354 g/mol. The predicted octanol–water partition coefficient (Wildman–Crippen LogP) is 3.81. The second-order valence-electron chi connectivity index (χ2n) is 6.14. The minimum absolute atomic E-state index is 0.293. The van der Waals surface area contributed by atoms with E-state index in [1.165, 1.54) is 0 Å². The van der Waals surface area contributed by atoms with E-state index in [9.17, 15) is 4.79 Å². The van der Waals surface area contributed by atoms with Crippen molar-refractivity contribution >= 4 is 22.9 Å². The summed E-state index contributed by atoms with van der Waals surface area (Å²) in [5, 5.41) is 4.49. The fourth-order valence-corrected chi connectivity index (χ4v) is 2.88. The van der Waals surface area contributed by atoms with Gasteiger partial charge in [-0.15, -0.1) is 0 Å². The number of benzene rings is 2. The number of nitrogens with zero attached hydrogens (tertiary/aromatic N) is 4. The monoisotopic (exact) mass is 373 g/mol. The van der Waals surface area contributed by atoms with Crippen molar-refractivity contribution in [2.75, 3.05) is 17.4 Å². The summed E-state index contributed by atoms with van der Waals surface area (Å²) in [7, 11) is 1.60. The van der Waals surface area contributed by atoms with Crippen LogP contribution < -0.4 is 15.1 Å². The summed E-state index contributed by atoms with van der Waals surface area (Å²) in [6.45, 7) is 0.366. The van der Waals surface area contributed by atoms with E-state index in [1.54, 1.807) is 53.6 Å². The van der Waals surface area contributed by atoms with Gasteiger partial charge in [-0.2, -0.15) is 0 Å². The minimum Gasteiger partial charge on any atom is -0.497 e. The van der Waals surface area contributed by atoms with Gasteiger partial charge in [-0.1, -0.05) is 30.3 Å². The second kappa shape index (κ2) is 7.79. The van der Waals surface area contributed by atoms with E-state index in [4.69, 9.17) is 4.74 Å². The lowest BCUT2D eigenvalue weighted by atomic mass is 10.2. The van der Waals surface area contributed by atoms with E-state index in [2.05, 4.69) is 15.3 Å². The van der Waals surface area contributed by atoms with Crippen LogP contribution in [0.5, 0.6) is 5.75 Å². The van der Waals surface area contributed by atoms with Crippen LogP contribution in [0.4, 0.5) is 10.5 Å². The number of ether oxygens (including phenoxy) is 1. The van der Waals surface area contributed by atoms with Gasteiger partial charge in [-0.05, 0) is 42.0 Å². The largest absolute Gasteiger partial charge is 0.497 e. The van der Waals surface area contributed by atoms with Gasteiger partial charge in [-0.25, -0.2) is 24.4 Å². The van der Waals surface area contributed by atoms with E-state index in [-0.39, 0.29) is 6.03 Å². The molecule has 0 saturated heterocycles. The summed E-state index contributed by atoms with van der Waals surface area (Å²) in [5.41, 5.74) is 2.99. The highest BCUT2D eigenvalue weighted by Gasteiger charge is 2.19. The minimum atomic E-state index is -0.293. The third kappa shape index (κ3) is 3.64. The number of methoxy groups -OCH3 is 1. The molecular formula is C21H19N5O2. The van der Waals surface area contributed by atoms with Gasteiger partial charge >= 0.3 is 6.03 Å². The lowest BCUT2D eigenvalue weighted by molar-refractivity contribution is 0.251. The van der Waals surface area contributed by atoms with Crippen molar-refractivity contribution in [3.8, 4) is 5.75 Å². The zero-order chi connectivity index (χ0) is 19.3. The van der Waals surface area contributed by atoms with Gasteiger partial charge in [0.05, 0.1) is 13.7 Å². The Hall–Kier alpha value is -3.87. The molecule has 0 aliphatic heterocycles. The molecule has 7 heteroatoms. The molecule has 0 atom stereocenters. The molecule has 0 bridgehead atoms. The molecule has 4 rings (SSSR count). The van der Waals surface area contributed by atoms with Crippen LogP contribution >= 0.6 is 0 Å². The molecule has 2 aromatic carbocycles. The van der Waals surface area contributed by atoms with Crippen molar-refractivity contribution in [1.82, 2.24) is 14.6 Å². The van der Waals surface area contributed by atoms with Crippen LogP contribution in [0.3, 0.4) is 0 Å². The smallest absolute Gasteiger partial charge is 0.341 e. The molecule has 0 unspecified atom stereocenters. The number of fused-ring (bicyclic) bond motifs is 1. The third-order valence-corrected chi connectivity index (χ3v) is 4.30. The SMILES string of the molecule is COc1ccc(NC(=O)N(Cc2ccccc2)n2cnc3cccnc32)cc1. The Labute approximate surface area is 162 Å². The maximum absolute atomic E-state index is 13.1. The Morgan fingerprint density at radius 3 is 2.57 bits per heavy atom. The number of pyridine rings is 1. The summed E-state index contributed by atoms with van der Waals surface area (Å²) < 4.78 is 6.83. The van der Waals surface area contributed by atoms with E-state index in [0.717, 1.165) is 16.8 Å². The van der Waals surface area contributed by atoms with Gasteiger partial charge in [0, 0.05) is 11.9 Å². The molecule has 0 aliphatic carbocycles. The topological polar surface area (TPSA) is 72.3 Å². The number of hydrogen-bond donors (Lipinski definition) is 1. The van der Waals surface area contributed by atoms with Gasteiger partial charge in [0.1, 0.15) is 17.6 Å². The number of urea groups is 1. The van der Waals surface area contributed by atoms with E-state index < -0.39 is 0 Å². The Balaban J connectivity index is 1.66. The van der Waals surface area contributed by atoms with Crippen LogP contribution in [-0.4, -0.2) is 27.8 Å². The summed E-state index contributed by atoms with van der Waals surface area (Å²) in [6, 6.07) is 20.3. The lowest BCUT2D eigenvalue weighted by Gasteiger charge is -2.24. The van der Waals surface area contributed by atoms with Crippen LogP contribution in [0.15, 0.2) is 79.3 Å². The van der Waals surface area contributed by atoms with Gasteiger partial charge in [0.25, 0.3) is 0 Å². The molecule has 1 N–H and O–H groups in total. The number of rotatable bonds is 5. The van der Waals surface area contributed by atoms with Gasteiger partial charge < -0.3 is 10.1 Å². The average Bonchev–Trinajstić information content (AvgIpc) is 3.17. The van der Waals surface area contributed by atoms with Crippen LogP contribution in [0.2, 0.25) is 0 Å². The zero-order valence-corrected chi connectivity index (χ0v) is 15.3. The molecule has 4 aromatic rings. The first kappa shape index (κ1) is 17.5. The van der Waals surface area contributed by atoms with Gasteiger partial charge in [-0.3, -0.25) is 0 Å². The summed E-state index contributed by atoms with van der Waals surface area (Å²) in [4.78, 5) is 21.9. The lowest BCUT2D eigenvalue weighted by Crippen LogP contribution is -2.42. The molecule has 0 aliphatic rings. The van der Waals surface area contributed by atoms with Gasteiger partial charge in [0.15, 0.2) is 5.65 Å². The standard InChI is InChI=1S/C21H19N5O2/c1-28-18-11-9-17(10-12-18)24-21(27)25(14-16-6-3-2-4-7-16)26-15-23-19-8-5-13-22-20(19)26/h2-13,15H,14H2,1H3,(H,24,27). The van der Waals surface area contributed by atoms with Crippen LogP contribution in [-0.2, 0) is 6.54 Å². The number of nitrogens with one attached hydrogen (secondary N) is 1. The maximum Gasteiger partial charge on any atom is 0.341 e. The summed E-state index contributed by atoms with van der Waals surface area (Å²) in [6.07, 6.45) is 3.29. The van der Waals surface area contributed by atoms with Crippen molar-refractivity contribution in [1.29, 1.82) is 0 Å². The first-order valence-electron chi connectivity index (χ1n) is 8.79. The molecule has 28 heavy (non-hydrogen) atoms. The van der Waals surface area contributed by atoms with E-state index >= 15 is 0 Å². The highest BCUT2D eigenvalue weighted by molar-refractivity contribution is 5.97. The second-order valence-corrected chi connectivity index (χ2v) is 6.14. The molecule has 0 radical (unpaired) electrons. The molecule has 140 valence electrons. The molecule has 0 spiro atoms. The van der Waals surface area contributed by atoms with Crippen molar-refractivity contribution in [2.24, 2.45) is 0 Å². The Kier molecular flexibility index (Phi) is 4.88. The van der Waals surface area contributed by atoms with Crippen molar-refractivity contribution < 1.29 is 9.53 Å². The first-order chi connectivity index (χ1) is 13.7. The summed E-state index contributed by atoms with van der Waals surface area (Å²) in [5.74, 6) is 0.726. The fourth-order valence-electron chi connectivity index (χ4n) is 2.88. The van der Waals surface area contributed by atoms with E-state index in [0.29, 0.717) is 17.9 Å². The summed E-state index contributed by atoms with van der Waals surface area (Å²) >= 11 is 0. The number of imidazole rings is 1. The van der Waals surface area contributed by atoms with Crippen LogP contribution in [0.25, 0.3) is 11.2 Å². The third-order valence-electron chi connectivity index (χ3n) is 4.30. The van der Waals surface area contributed by atoms with E-state index in [1.807, 2.05) is 42.5 Å². The number of carbonyl (C=O) groups excluding carboxylic acids is 1. The number of carbonyl (C=O) groups is 1. The highest BCUT2D eigenvalue weighted by Crippen LogP contribution is 2.17. The Morgan fingerprint density at radius 1 is 1.04 bits per heavy atom. The van der Waals surface area contributed by atoms with Crippen molar-refractivity contribution in [2.45, 2.75) is 6.54 Å². The molecule has 2 amide bonds. The molecule has 2 heterocycles. The average molecular weight is 373 g/mol. The molecule has 2 aromatic heterocycles. The number of aromatic nitrogens is 3. The number of hydrogen-bond acceptors (Lipinski definition) is 4.